The van der Waals surface area contributed by atoms with Crippen LogP contribution in [0.25, 0.3) is 0 Å². The van der Waals surface area contributed by atoms with Crippen molar-refractivity contribution in [2.45, 2.75) is 65.2 Å². The van der Waals surface area contributed by atoms with Crippen LogP contribution in [0.5, 0.6) is 17.2 Å². The number of phenolic OH excluding ortho intramolecular Hbond substituents is 3. The first kappa shape index (κ1) is 25.1. The third-order valence-corrected chi connectivity index (χ3v) is 6.12. The summed E-state index contributed by atoms with van der Waals surface area (Å²) in [5.41, 5.74) is 3.42. The van der Waals surface area contributed by atoms with Gasteiger partial charge in [-0.3, -0.25) is 10.1 Å². The van der Waals surface area contributed by atoms with E-state index in [1.54, 1.807) is 12.1 Å². The lowest BCUT2D eigenvalue weighted by atomic mass is 9.84. The minimum Gasteiger partial charge on any atom is -0.508 e. The predicted molar refractivity (Wildman–Crippen MR) is 134 cm³/mol. The van der Waals surface area contributed by atoms with Gasteiger partial charge < -0.3 is 15.3 Å². The minimum absolute atomic E-state index is 0.0657. The zero-order valence-corrected chi connectivity index (χ0v) is 20.6. The molecule has 0 bridgehead atoms. The van der Waals surface area contributed by atoms with E-state index in [-0.39, 0.29) is 46.6 Å². The summed E-state index contributed by atoms with van der Waals surface area (Å²) in [4.78, 5) is 11.2. The Labute approximate surface area is 200 Å². The van der Waals surface area contributed by atoms with Gasteiger partial charge in [0.15, 0.2) is 0 Å². The summed E-state index contributed by atoms with van der Waals surface area (Å²) < 4.78 is 0. The van der Waals surface area contributed by atoms with E-state index in [0.717, 1.165) is 11.1 Å². The molecule has 0 saturated carbocycles. The number of aromatic hydroxyl groups is 3. The van der Waals surface area contributed by atoms with Crippen molar-refractivity contribution in [2.24, 2.45) is 0 Å². The molecule has 3 aromatic rings. The summed E-state index contributed by atoms with van der Waals surface area (Å²) in [6.45, 7) is 12.4. The molecule has 0 radical (unpaired) electrons. The molecule has 0 spiro atoms. The summed E-state index contributed by atoms with van der Waals surface area (Å²) in [5.74, 6) is 0.0543. The van der Waals surface area contributed by atoms with Crippen molar-refractivity contribution < 1.29 is 20.2 Å². The molecule has 6 heteroatoms. The van der Waals surface area contributed by atoms with Gasteiger partial charge in [-0.1, -0.05) is 65.8 Å². The van der Waals surface area contributed by atoms with E-state index in [0.29, 0.717) is 22.3 Å². The van der Waals surface area contributed by atoms with Crippen LogP contribution in [0.1, 0.15) is 74.9 Å². The highest BCUT2D eigenvalue weighted by Gasteiger charge is 2.22. The van der Waals surface area contributed by atoms with Gasteiger partial charge in [-0.15, -0.1) is 0 Å². The van der Waals surface area contributed by atoms with E-state index < -0.39 is 4.92 Å². The second kappa shape index (κ2) is 9.01. The number of benzene rings is 3. The molecule has 3 rings (SSSR count). The molecule has 0 aliphatic carbocycles. The highest BCUT2D eigenvalue weighted by molar-refractivity contribution is 5.55. The van der Waals surface area contributed by atoms with Crippen LogP contribution >= 0.6 is 0 Å². The average molecular weight is 464 g/mol. The zero-order valence-electron chi connectivity index (χ0n) is 20.6. The van der Waals surface area contributed by atoms with Crippen LogP contribution in [-0.4, -0.2) is 20.2 Å². The Bertz CT molecular complexity index is 1150. The average Bonchev–Trinajstić information content (AvgIpc) is 2.71. The Morgan fingerprint density at radius 3 is 1.38 bits per heavy atom. The topological polar surface area (TPSA) is 104 Å². The summed E-state index contributed by atoms with van der Waals surface area (Å²) in [7, 11) is 0. The van der Waals surface area contributed by atoms with Crippen molar-refractivity contribution in [3.05, 3.63) is 92.0 Å². The van der Waals surface area contributed by atoms with Crippen molar-refractivity contribution in [1.29, 1.82) is 0 Å². The molecule has 180 valence electrons. The summed E-state index contributed by atoms with van der Waals surface area (Å²) in [5, 5.41) is 43.6. The first-order valence-electron chi connectivity index (χ1n) is 11.3. The summed E-state index contributed by atoms with van der Waals surface area (Å²) in [6, 6.07) is 13.3. The van der Waals surface area contributed by atoms with E-state index in [2.05, 4.69) is 41.5 Å². The lowest BCUT2D eigenvalue weighted by Crippen LogP contribution is -2.11. The Morgan fingerprint density at radius 1 is 0.676 bits per heavy atom. The third kappa shape index (κ3) is 5.50. The standard InChI is InChI=1S/C28H33NO5/c1-27(2,3)21-7-9-24(30)17(13-21)11-19-15-23(29(33)34)16-20(26(19)32)12-18-14-22(28(4,5)6)8-10-25(18)31/h7-10,13-16,30-32H,11-12H2,1-6H3. The molecule has 6 nitrogen and oxygen atoms in total. The summed E-state index contributed by atoms with van der Waals surface area (Å²) >= 11 is 0. The van der Waals surface area contributed by atoms with Gasteiger partial charge in [-0.2, -0.15) is 0 Å². The largest absolute Gasteiger partial charge is 0.508 e. The van der Waals surface area contributed by atoms with Gasteiger partial charge >= 0.3 is 0 Å². The van der Waals surface area contributed by atoms with E-state index in [1.165, 1.54) is 12.1 Å². The maximum Gasteiger partial charge on any atom is 0.270 e. The van der Waals surface area contributed by atoms with Gasteiger partial charge in [0, 0.05) is 36.1 Å². The lowest BCUT2D eigenvalue weighted by Gasteiger charge is -2.21. The van der Waals surface area contributed by atoms with Gasteiger partial charge in [-0.25, -0.2) is 0 Å². The van der Waals surface area contributed by atoms with Crippen LogP contribution in [0, 0.1) is 10.1 Å². The molecule has 0 aliphatic heterocycles. The van der Waals surface area contributed by atoms with Gasteiger partial charge in [0.05, 0.1) is 4.92 Å². The van der Waals surface area contributed by atoms with Crippen molar-refractivity contribution in [3.8, 4) is 17.2 Å². The number of nitrogens with zero attached hydrogens (tertiary/aromatic N) is 1. The highest BCUT2D eigenvalue weighted by atomic mass is 16.6. The molecule has 0 heterocycles. The Hall–Kier alpha value is -3.54. The molecule has 0 aliphatic rings. The fraction of sp³-hybridized carbons (Fsp3) is 0.357. The molecule has 34 heavy (non-hydrogen) atoms. The Kier molecular flexibility index (Phi) is 6.65. The highest BCUT2D eigenvalue weighted by Crippen LogP contribution is 2.37. The number of hydrogen-bond donors (Lipinski definition) is 3. The summed E-state index contributed by atoms with van der Waals surface area (Å²) in [6.07, 6.45) is 0.258. The smallest absolute Gasteiger partial charge is 0.270 e. The molecule has 0 atom stereocenters. The van der Waals surface area contributed by atoms with Gasteiger partial charge in [0.25, 0.3) is 5.69 Å². The SMILES string of the molecule is CC(C)(C)c1ccc(O)c(Cc2cc([N+](=O)[O-])cc(Cc3cc(C(C)(C)C)ccc3O)c2O)c1. The minimum atomic E-state index is -0.497. The van der Waals surface area contributed by atoms with E-state index in [1.807, 2.05) is 24.3 Å². The van der Waals surface area contributed by atoms with Crippen LogP contribution in [0.3, 0.4) is 0 Å². The number of nitro benzene ring substituents is 1. The number of phenols is 3. The number of hydrogen-bond acceptors (Lipinski definition) is 5. The van der Waals surface area contributed by atoms with Gasteiger partial charge in [-0.05, 0) is 45.2 Å². The quantitative estimate of drug-likeness (QED) is 0.296. The van der Waals surface area contributed by atoms with Crippen molar-refractivity contribution in [2.75, 3.05) is 0 Å². The fourth-order valence-corrected chi connectivity index (χ4v) is 3.91. The van der Waals surface area contributed by atoms with E-state index >= 15 is 0 Å². The Balaban J connectivity index is 2.08. The van der Waals surface area contributed by atoms with Crippen molar-refractivity contribution in [1.82, 2.24) is 0 Å². The van der Waals surface area contributed by atoms with Crippen molar-refractivity contribution in [3.63, 3.8) is 0 Å². The van der Waals surface area contributed by atoms with Crippen LogP contribution in [0.4, 0.5) is 5.69 Å². The van der Waals surface area contributed by atoms with Crippen LogP contribution in [0.2, 0.25) is 0 Å². The van der Waals surface area contributed by atoms with Gasteiger partial charge in [0.1, 0.15) is 17.2 Å². The molecular formula is C28H33NO5. The number of nitro groups is 1. The molecule has 0 saturated heterocycles. The van der Waals surface area contributed by atoms with Crippen LogP contribution in [0.15, 0.2) is 48.5 Å². The molecular weight excluding hydrogens is 430 g/mol. The van der Waals surface area contributed by atoms with E-state index in [4.69, 9.17) is 0 Å². The normalized spacial score (nSPS) is 12.1. The second-order valence-electron chi connectivity index (χ2n) is 10.9. The molecule has 3 aromatic carbocycles. The third-order valence-electron chi connectivity index (χ3n) is 6.12. The maximum atomic E-state index is 11.7. The molecule has 0 unspecified atom stereocenters. The van der Waals surface area contributed by atoms with Gasteiger partial charge in [0.2, 0.25) is 0 Å². The number of non-ortho nitro benzene ring substituents is 1. The van der Waals surface area contributed by atoms with Crippen molar-refractivity contribution >= 4 is 5.69 Å². The molecule has 3 N–H and O–H groups in total. The predicted octanol–water partition coefficient (Wildman–Crippen LogP) is 6.49. The first-order chi connectivity index (χ1) is 15.7. The van der Waals surface area contributed by atoms with E-state index in [9.17, 15) is 25.4 Å². The van der Waals surface area contributed by atoms with Crippen LogP contribution in [-0.2, 0) is 23.7 Å². The van der Waals surface area contributed by atoms with Crippen LogP contribution < -0.4 is 0 Å². The molecule has 0 fully saturated rings. The first-order valence-corrected chi connectivity index (χ1v) is 11.3. The number of rotatable bonds is 5. The zero-order chi connectivity index (χ0) is 25.4. The maximum absolute atomic E-state index is 11.7. The Morgan fingerprint density at radius 2 is 1.06 bits per heavy atom. The second-order valence-corrected chi connectivity index (χ2v) is 10.9. The lowest BCUT2D eigenvalue weighted by molar-refractivity contribution is -0.385. The molecule has 0 amide bonds. The fourth-order valence-electron chi connectivity index (χ4n) is 3.91. The monoisotopic (exact) mass is 463 g/mol. The molecule has 0 aromatic heterocycles.